The Hall–Kier alpha value is -2.34. The summed E-state index contributed by atoms with van der Waals surface area (Å²) in [6, 6.07) is 14.7. The molecule has 5 nitrogen and oxygen atoms in total. The lowest BCUT2D eigenvalue weighted by Gasteiger charge is -2.22. The van der Waals surface area contributed by atoms with Crippen molar-refractivity contribution in [3.8, 4) is 0 Å². The van der Waals surface area contributed by atoms with Gasteiger partial charge in [-0.3, -0.25) is 9.52 Å². The van der Waals surface area contributed by atoms with Crippen LogP contribution in [0.1, 0.15) is 76.3 Å². The van der Waals surface area contributed by atoms with E-state index in [9.17, 15) is 13.2 Å². The highest BCUT2D eigenvalue weighted by atomic mass is 32.2. The smallest absolute Gasteiger partial charge is 0.261 e. The number of nitrogens with one attached hydrogen (secondary N) is 2. The topological polar surface area (TPSA) is 75.3 Å². The fourth-order valence-electron chi connectivity index (χ4n) is 4.87. The van der Waals surface area contributed by atoms with E-state index in [1.165, 1.54) is 25.7 Å². The molecule has 2 saturated carbocycles. The molecule has 0 radical (unpaired) electrons. The molecule has 2 aromatic rings. The van der Waals surface area contributed by atoms with Gasteiger partial charge < -0.3 is 5.32 Å². The Morgan fingerprint density at radius 1 is 0.939 bits per heavy atom. The number of benzene rings is 2. The Balaban J connectivity index is 1.41. The van der Waals surface area contributed by atoms with Gasteiger partial charge in [0, 0.05) is 11.7 Å². The molecule has 0 atom stereocenters. The van der Waals surface area contributed by atoms with Gasteiger partial charge >= 0.3 is 0 Å². The highest BCUT2D eigenvalue weighted by molar-refractivity contribution is 7.92. The van der Waals surface area contributed by atoms with E-state index >= 15 is 0 Å². The molecule has 0 heterocycles. The lowest BCUT2D eigenvalue weighted by molar-refractivity contribution is -0.124. The third kappa shape index (κ3) is 5.78. The number of hydrogen-bond donors (Lipinski definition) is 2. The predicted molar refractivity (Wildman–Crippen MR) is 133 cm³/mol. The summed E-state index contributed by atoms with van der Waals surface area (Å²) in [6.07, 6.45) is 9.65. The highest BCUT2D eigenvalue weighted by Gasteiger charge is 2.51. The Bertz CT molecular complexity index is 1050. The Labute approximate surface area is 198 Å². The molecule has 4 rings (SSSR count). The van der Waals surface area contributed by atoms with Crippen LogP contribution >= 0.6 is 0 Å². The molecule has 2 aliphatic rings. The van der Waals surface area contributed by atoms with Crippen LogP contribution in [-0.2, 0) is 26.7 Å². The van der Waals surface area contributed by atoms with Gasteiger partial charge in [0.15, 0.2) is 0 Å². The Kier molecular flexibility index (Phi) is 7.13. The molecule has 0 spiro atoms. The summed E-state index contributed by atoms with van der Waals surface area (Å²) in [5.41, 5.74) is 2.15. The molecule has 33 heavy (non-hydrogen) atoms. The Morgan fingerprint density at radius 2 is 1.55 bits per heavy atom. The zero-order valence-corrected chi connectivity index (χ0v) is 20.6. The molecule has 0 unspecified atom stereocenters. The molecule has 178 valence electrons. The van der Waals surface area contributed by atoms with Gasteiger partial charge in [-0.25, -0.2) is 8.42 Å². The second-order valence-corrected chi connectivity index (χ2v) is 11.9. The molecule has 0 aliphatic heterocycles. The van der Waals surface area contributed by atoms with E-state index in [1.54, 1.807) is 24.3 Å². The molecular weight excluding hydrogens is 432 g/mol. The lowest BCUT2D eigenvalue weighted by atomic mass is 9.94. The summed E-state index contributed by atoms with van der Waals surface area (Å²) in [7, 11) is -3.66. The average Bonchev–Trinajstić information content (AvgIpc) is 3.60. The van der Waals surface area contributed by atoms with E-state index in [2.05, 4.69) is 23.9 Å². The second kappa shape index (κ2) is 9.88. The van der Waals surface area contributed by atoms with Crippen LogP contribution in [0.25, 0.3) is 0 Å². The van der Waals surface area contributed by atoms with E-state index in [-0.39, 0.29) is 16.8 Å². The van der Waals surface area contributed by atoms with Crippen LogP contribution in [0.3, 0.4) is 0 Å². The van der Waals surface area contributed by atoms with Crippen molar-refractivity contribution < 1.29 is 13.2 Å². The maximum atomic E-state index is 13.1. The van der Waals surface area contributed by atoms with Crippen molar-refractivity contribution in [2.24, 2.45) is 5.92 Å². The summed E-state index contributed by atoms with van der Waals surface area (Å²) in [5.74, 6) is 0.650. The van der Waals surface area contributed by atoms with Gasteiger partial charge in [0.05, 0.1) is 10.3 Å². The van der Waals surface area contributed by atoms with Crippen molar-refractivity contribution in [2.45, 2.75) is 88.0 Å². The molecule has 0 saturated heterocycles. The quantitative estimate of drug-likeness (QED) is 0.498. The van der Waals surface area contributed by atoms with Gasteiger partial charge in [-0.05, 0) is 73.4 Å². The zero-order chi connectivity index (χ0) is 23.5. The van der Waals surface area contributed by atoms with Crippen molar-refractivity contribution in [1.82, 2.24) is 5.32 Å². The third-order valence-electron chi connectivity index (χ3n) is 6.94. The number of sulfonamides is 1. The molecule has 1 amide bonds. The molecule has 0 bridgehead atoms. The normalized spacial score (nSPS) is 18.5. The number of anilines is 1. The third-order valence-corrected chi connectivity index (χ3v) is 8.34. The molecule has 0 aromatic heterocycles. The number of carbonyl (C=O) groups is 1. The summed E-state index contributed by atoms with van der Waals surface area (Å²) >= 11 is 0. The van der Waals surface area contributed by atoms with Crippen molar-refractivity contribution in [1.29, 1.82) is 0 Å². The molecule has 2 N–H and O–H groups in total. The first-order valence-corrected chi connectivity index (χ1v) is 13.8. The van der Waals surface area contributed by atoms with Crippen LogP contribution in [0.15, 0.2) is 53.4 Å². The molecule has 6 heteroatoms. The molecular formula is C27H36N2O3S. The van der Waals surface area contributed by atoms with Gasteiger partial charge in [0.25, 0.3) is 10.0 Å². The van der Waals surface area contributed by atoms with E-state index in [0.29, 0.717) is 11.6 Å². The van der Waals surface area contributed by atoms with Crippen LogP contribution in [0, 0.1) is 5.92 Å². The minimum Gasteiger partial charge on any atom is -0.353 e. The number of hydrogen-bond acceptors (Lipinski definition) is 3. The van der Waals surface area contributed by atoms with Gasteiger partial charge in [-0.15, -0.1) is 0 Å². The van der Waals surface area contributed by atoms with Crippen molar-refractivity contribution in [2.75, 3.05) is 4.72 Å². The monoisotopic (exact) mass is 468 g/mol. The fraction of sp³-hybridized carbons (Fsp3) is 0.519. The number of carbonyl (C=O) groups excluding carboxylic acids is 1. The van der Waals surface area contributed by atoms with Gasteiger partial charge in [-0.2, -0.15) is 0 Å². The molecule has 2 aromatic carbocycles. The summed E-state index contributed by atoms with van der Waals surface area (Å²) in [6.45, 7) is 4.28. The first kappa shape index (κ1) is 23.8. The molecule has 2 aliphatic carbocycles. The number of rotatable bonds is 8. The summed E-state index contributed by atoms with van der Waals surface area (Å²) in [5, 5.41) is 3.30. The highest BCUT2D eigenvalue weighted by Crippen LogP contribution is 2.48. The van der Waals surface area contributed by atoms with Crippen molar-refractivity contribution >= 4 is 21.6 Å². The lowest BCUT2D eigenvalue weighted by Crippen LogP contribution is -2.41. The largest absolute Gasteiger partial charge is 0.353 e. The minimum atomic E-state index is -3.66. The van der Waals surface area contributed by atoms with Crippen molar-refractivity contribution in [3.05, 3.63) is 59.7 Å². The summed E-state index contributed by atoms with van der Waals surface area (Å²) in [4.78, 5) is 13.3. The van der Waals surface area contributed by atoms with E-state index in [1.807, 2.05) is 24.3 Å². The van der Waals surface area contributed by atoms with Crippen LogP contribution in [0.2, 0.25) is 0 Å². The maximum Gasteiger partial charge on any atom is 0.261 e. The summed E-state index contributed by atoms with van der Waals surface area (Å²) < 4.78 is 28.3. The zero-order valence-electron chi connectivity index (χ0n) is 19.8. The SMILES string of the molecule is CC(C)Cc1ccc(S(=O)(=O)Nc2ccc(C3(C(=O)NC4CCCCCC4)CC3)cc2)cc1. The minimum absolute atomic E-state index is 0.129. The van der Waals surface area contributed by atoms with Gasteiger partial charge in [-0.1, -0.05) is 63.8 Å². The van der Waals surface area contributed by atoms with Crippen LogP contribution in [0.4, 0.5) is 5.69 Å². The predicted octanol–water partition coefficient (Wildman–Crippen LogP) is 5.56. The van der Waals surface area contributed by atoms with E-state index < -0.39 is 15.4 Å². The second-order valence-electron chi connectivity index (χ2n) is 10.2. The van der Waals surface area contributed by atoms with Crippen molar-refractivity contribution in [3.63, 3.8) is 0 Å². The molecule has 2 fully saturated rings. The number of amides is 1. The van der Waals surface area contributed by atoms with Gasteiger partial charge in [0.1, 0.15) is 0 Å². The van der Waals surface area contributed by atoms with Crippen LogP contribution in [0.5, 0.6) is 0 Å². The van der Waals surface area contributed by atoms with E-state index in [0.717, 1.165) is 43.2 Å². The van der Waals surface area contributed by atoms with E-state index in [4.69, 9.17) is 0 Å². The van der Waals surface area contributed by atoms with Gasteiger partial charge in [0.2, 0.25) is 5.91 Å². The average molecular weight is 469 g/mol. The first-order chi connectivity index (χ1) is 15.8. The Morgan fingerprint density at radius 3 is 2.09 bits per heavy atom. The van der Waals surface area contributed by atoms with Crippen LogP contribution < -0.4 is 10.0 Å². The fourth-order valence-corrected chi connectivity index (χ4v) is 5.93. The standard InChI is InChI=1S/C27H36N2O3S/c1-20(2)19-21-9-15-25(16-10-21)33(31,32)29-24-13-11-22(12-14-24)27(17-18-27)26(30)28-23-7-5-3-4-6-8-23/h9-16,20,23,29H,3-8,17-19H2,1-2H3,(H,28,30). The van der Waals surface area contributed by atoms with Crippen LogP contribution in [-0.4, -0.2) is 20.4 Å². The maximum absolute atomic E-state index is 13.1. The first-order valence-electron chi connectivity index (χ1n) is 12.3.